The molecule has 7 heteroatoms. The molecule has 7 nitrogen and oxygen atoms in total. The molecular weight excluding hydrogens is 332 g/mol. The number of nitrogens with zero attached hydrogens (tertiary/aromatic N) is 3. The van der Waals surface area contributed by atoms with Crippen molar-refractivity contribution in [3.63, 3.8) is 0 Å². The molecule has 4 aliphatic rings. The molecule has 1 aromatic rings. The van der Waals surface area contributed by atoms with E-state index in [4.69, 9.17) is 4.74 Å². The summed E-state index contributed by atoms with van der Waals surface area (Å²) in [4.78, 5) is 29.5. The van der Waals surface area contributed by atoms with Crippen molar-refractivity contribution in [2.75, 3.05) is 13.2 Å². The van der Waals surface area contributed by atoms with Crippen LogP contribution in [0.25, 0.3) is 0 Å². The predicted octanol–water partition coefficient (Wildman–Crippen LogP) is 2.47. The third kappa shape index (κ3) is 2.47. The number of carbonyl (C=O) groups is 2. The molecule has 1 N–H and O–H groups in total. The molecule has 140 valence electrons. The van der Waals surface area contributed by atoms with Gasteiger partial charge in [0.05, 0.1) is 12.3 Å². The number of aromatic nitrogens is 2. The average Bonchev–Trinajstić information content (AvgIpc) is 3.37. The molecule has 0 spiro atoms. The van der Waals surface area contributed by atoms with Gasteiger partial charge in [0.1, 0.15) is 6.04 Å². The smallest absolute Gasteiger partial charge is 0.327 e. The highest BCUT2D eigenvalue weighted by atomic mass is 16.5. The van der Waals surface area contributed by atoms with Gasteiger partial charge in [0, 0.05) is 36.9 Å². The fraction of sp³-hybridized carbons (Fsp3) is 0.737. The van der Waals surface area contributed by atoms with Crippen molar-refractivity contribution < 1.29 is 14.3 Å². The predicted molar refractivity (Wildman–Crippen MR) is 93.1 cm³/mol. The molecule has 3 amide bonds. The number of hydrogen-bond acceptors (Lipinski definition) is 4. The van der Waals surface area contributed by atoms with Gasteiger partial charge in [-0.25, -0.2) is 4.79 Å². The Morgan fingerprint density at radius 1 is 1.19 bits per heavy atom. The molecule has 3 saturated heterocycles. The van der Waals surface area contributed by atoms with E-state index in [1.807, 2.05) is 11.1 Å². The van der Waals surface area contributed by atoms with Gasteiger partial charge in [-0.05, 0) is 38.0 Å². The van der Waals surface area contributed by atoms with Gasteiger partial charge in [-0.2, -0.15) is 5.10 Å². The summed E-state index contributed by atoms with van der Waals surface area (Å²) in [6, 6.07) is 0.000813. The van der Waals surface area contributed by atoms with E-state index in [-0.39, 0.29) is 36.0 Å². The van der Waals surface area contributed by atoms with Crippen molar-refractivity contribution in [1.82, 2.24) is 20.0 Å². The number of ether oxygens (including phenoxy) is 1. The van der Waals surface area contributed by atoms with Crippen LogP contribution in [0, 0.1) is 11.8 Å². The van der Waals surface area contributed by atoms with Crippen LogP contribution in [0.5, 0.6) is 0 Å². The number of carbonyl (C=O) groups excluding carboxylic acids is 2. The highest BCUT2D eigenvalue weighted by molar-refractivity contribution is 6.04. The van der Waals surface area contributed by atoms with Crippen molar-refractivity contribution in [2.24, 2.45) is 11.8 Å². The summed E-state index contributed by atoms with van der Waals surface area (Å²) in [5.74, 6) is 0.679. The summed E-state index contributed by atoms with van der Waals surface area (Å²) < 4.78 is 5.97. The first-order chi connectivity index (χ1) is 12.7. The first kappa shape index (κ1) is 16.3. The highest BCUT2D eigenvalue weighted by Crippen LogP contribution is 2.44. The van der Waals surface area contributed by atoms with Gasteiger partial charge in [0.15, 0.2) is 0 Å². The number of H-pyrrole nitrogens is 1. The van der Waals surface area contributed by atoms with Gasteiger partial charge in [0.2, 0.25) is 0 Å². The summed E-state index contributed by atoms with van der Waals surface area (Å²) in [7, 11) is 0. The average molecular weight is 358 g/mol. The molecule has 4 fully saturated rings. The first-order valence-electron chi connectivity index (χ1n) is 9.98. The Morgan fingerprint density at radius 2 is 2.08 bits per heavy atom. The Hall–Kier alpha value is -1.89. The third-order valence-electron chi connectivity index (χ3n) is 6.80. The molecule has 1 aliphatic carbocycles. The minimum Gasteiger partial charge on any atom is -0.373 e. The zero-order chi connectivity index (χ0) is 17.7. The van der Waals surface area contributed by atoms with Gasteiger partial charge in [0.25, 0.3) is 5.91 Å². The third-order valence-corrected chi connectivity index (χ3v) is 6.80. The molecule has 1 saturated carbocycles. The van der Waals surface area contributed by atoms with E-state index in [0.717, 1.165) is 37.7 Å². The highest BCUT2D eigenvalue weighted by Gasteiger charge is 2.55. The molecule has 0 aromatic carbocycles. The van der Waals surface area contributed by atoms with Crippen LogP contribution in [-0.4, -0.2) is 57.2 Å². The number of imide groups is 1. The Labute approximate surface area is 153 Å². The number of urea groups is 1. The van der Waals surface area contributed by atoms with Crippen molar-refractivity contribution in [3.05, 3.63) is 18.0 Å². The minimum atomic E-state index is -0.215. The van der Waals surface area contributed by atoms with Crippen LogP contribution < -0.4 is 0 Å². The van der Waals surface area contributed by atoms with E-state index >= 15 is 0 Å². The zero-order valence-electron chi connectivity index (χ0n) is 15.0. The molecular formula is C19H26N4O3. The van der Waals surface area contributed by atoms with E-state index < -0.39 is 0 Å². The Morgan fingerprint density at radius 3 is 2.92 bits per heavy atom. The molecule has 5 atom stereocenters. The molecule has 5 rings (SSSR count). The van der Waals surface area contributed by atoms with Crippen LogP contribution in [0.15, 0.2) is 12.4 Å². The number of rotatable bonds is 3. The van der Waals surface area contributed by atoms with Gasteiger partial charge in [-0.3, -0.25) is 14.8 Å². The number of aromatic amines is 1. The lowest BCUT2D eigenvalue weighted by Gasteiger charge is -2.34. The molecule has 26 heavy (non-hydrogen) atoms. The fourth-order valence-electron chi connectivity index (χ4n) is 5.59. The fourth-order valence-corrected chi connectivity index (χ4v) is 5.59. The SMILES string of the molecule is O=C1C2CC3CCCCC3N2C(=O)N1C[C@@H]1CCCO[C@H]1c1cn[nH]c1. The van der Waals surface area contributed by atoms with Crippen LogP contribution in [-0.2, 0) is 9.53 Å². The molecule has 1 aromatic heterocycles. The number of nitrogens with one attached hydrogen (secondary N) is 1. The van der Waals surface area contributed by atoms with Crippen LogP contribution in [0.4, 0.5) is 4.79 Å². The Balaban J connectivity index is 1.34. The van der Waals surface area contributed by atoms with Crippen molar-refractivity contribution in [2.45, 2.75) is 63.1 Å². The van der Waals surface area contributed by atoms with E-state index in [1.165, 1.54) is 17.7 Å². The lowest BCUT2D eigenvalue weighted by molar-refractivity contribution is -0.129. The van der Waals surface area contributed by atoms with Gasteiger partial charge < -0.3 is 9.64 Å². The Bertz CT molecular complexity index is 691. The van der Waals surface area contributed by atoms with Gasteiger partial charge in [-0.15, -0.1) is 0 Å². The minimum absolute atomic E-state index is 0.0147. The first-order valence-corrected chi connectivity index (χ1v) is 9.98. The van der Waals surface area contributed by atoms with Crippen molar-refractivity contribution in [1.29, 1.82) is 0 Å². The maximum Gasteiger partial charge on any atom is 0.327 e. The number of hydrogen-bond donors (Lipinski definition) is 1. The molecule has 3 aliphatic heterocycles. The molecule has 0 radical (unpaired) electrons. The summed E-state index contributed by atoms with van der Waals surface area (Å²) >= 11 is 0. The molecule has 3 unspecified atom stereocenters. The van der Waals surface area contributed by atoms with Gasteiger partial charge >= 0.3 is 6.03 Å². The molecule has 0 bridgehead atoms. The second-order valence-corrected chi connectivity index (χ2v) is 8.23. The quantitative estimate of drug-likeness (QED) is 0.842. The summed E-state index contributed by atoms with van der Waals surface area (Å²) in [6.45, 7) is 1.17. The van der Waals surface area contributed by atoms with Crippen LogP contribution in [0.3, 0.4) is 0 Å². The largest absolute Gasteiger partial charge is 0.373 e. The Kier molecular flexibility index (Phi) is 3.99. The monoisotopic (exact) mass is 358 g/mol. The lowest BCUT2D eigenvalue weighted by atomic mass is 9.84. The maximum absolute atomic E-state index is 13.1. The van der Waals surface area contributed by atoms with E-state index in [0.29, 0.717) is 19.1 Å². The maximum atomic E-state index is 13.1. The summed E-state index contributed by atoms with van der Waals surface area (Å²) in [6.07, 6.45) is 10.9. The van der Waals surface area contributed by atoms with E-state index in [1.54, 1.807) is 6.20 Å². The summed E-state index contributed by atoms with van der Waals surface area (Å²) in [5.41, 5.74) is 1.00. The molecule has 4 heterocycles. The zero-order valence-corrected chi connectivity index (χ0v) is 15.0. The number of amides is 3. The van der Waals surface area contributed by atoms with E-state index in [2.05, 4.69) is 10.2 Å². The van der Waals surface area contributed by atoms with E-state index in [9.17, 15) is 9.59 Å². The van der Waals surface area contributed by atoms with Crippen LogP contribution in [0.1, 0.15) is 56.6 Å². The topological polar surface area (TPSA) is 78.5 Å². The standard InChI is InChI=1S/C19H26N4O3/c24-18-16-8-12-4-1-2-6-15(12)23(16)19(25)22(18)11-13-5-3-7-26-17(13)14-9-20-21-10-14/h9-10,12-13,15-17H,1-8,11H2,(H,20,21)/t12?,13-,15?,16?,17+/m0/s1. The van der Waals surface area contributed by atoms with Crippen LogP contribution in [0.2, 0.25) is 0 Å². The second-order valence-electron chi connectivity index (χ2n) is 8.23. The van der Waals surface area contributed by atoms with Crippen molar-refractivity contribution in [3.8, 4) is 0 Å². The second kappa shape index (κ2) is 6.37. The van der Waals surface area contributed by atoms with Crippen LogP contribution >= 0.6 is 0 Å². The van der Waals surface area contributed by atoms with Crippen molar-refractivity contribution >= 4 is 11.9 Å². The van der Waals surface area contributed by atoms with Gasteiger partial charge in [-0.1, -0.05) is 12.8 Å². The number of fused-ring (bicyclic) bond motifs is 3. The lowest BCUT2D eigenvalue weighted by Crippen LogP contribution is -2.43. The summed E-state index contributed by atoms with van der Waals surface area (Å²) in [5, 5.41) is 6.86. The normalized spacial score (nSPS) is 37.2.